The van der Waals surface area contributed by atoms with Gasteiger partial charge < -0.3 is 0 Å². The Bertz CT molecular complexity index is 910. The molecule has 0 N–H and O–H groups in total. The summed E-state index contributed by atoms with van der Waals surface area (Å²) in [5.74, 6) is -0.853. The van der Waals surface area contributed by atoms with Crippen molar-refractivity contribution in [2.24, 2.45) is 5.10 Å². The second-order valence-electron chi connectivity index (χ2n) is 4.89. The monoisotopic (exact) mass is 410 g/mol. The number of amides is 1. The third-order valence-electron chi connectivity index (χ3n) is 3.27. The first-order valence-corrected chi connectivity index (χ1v) is 8.96. The summed E-state index contributed by atoms with van der Waals surface area (Å²) in [7, 11) is 0. The van der Waals surface area contributed by atoms with Crippen LogP contribution in [0.4, 0.5) is 4.39 Å². The first-order chi connectivity index (χ1) is 12.0. The molecule has 8 heteroatoms. The van der Waals surface area contributed by atoms with Crippen molar-refractivity contribution < 1.29 is 9.18 Å². The maximum atomic E-state index is 13.6. The van der Waals surface area contributed by atoms with E-state index in [1.54, 1.807) is 42.5 Å². The van der Waals surface area contributed by atoms with Gasteiger partial charge >= 0.3 is 0 Å². The molecule has 2 aromatic carbocycles. The molecule has 126 valence electrons. The number of benzene rings is 2. The van der Waals surface area contributed by atoms with E-state index in [0.717, 1.165) is 16.8 Å². The number of rotatable bonds is 3. The van der Waals surface area contributed by atoms with E-state index < -0.39 is 11.7 Å². The highest BCUT2D eigenvalue weighted by molar-refractivity contribution is 8.26. The van der Waals surface area contributed by atoms with Gasteiger partial charge in [0.2, 0.25) is 0 Å². The molecule has 1 aliphatic heterocycles. The molecule has 0 radical (unpaired) electrons. The molecule has 1 amide bonds. The van der Waals surface area contributed by atoms with Crippen molar-refractivity contribution in [3.05, 3.63) is 74.4 Å². The van der Waals surface area contributed by atoms with E-state index >= 15 is 0 Å². The van der Waals surface area contributed by atoms with Crippen LogP contribution in [0.2, 0.25) is 10.0 Å². The number of carbonyl (C=O) groups is 1. The molecule has 25 heavy (non-hydrogen) atoms. The van der Waals surface area contributed by atoms with E-state index in [0.29, 0.717) is 20.5 Å². The summed E-state index contributed by atoms with van der Waals surface area (Å²) >= 11 is 18.5. The number of thiocarbonyl (C=S) groups is 1. The smallest absolute Gasteiger partial charge is 0.266 e. The van der Waals surface area contributed by atoms with Crippen LogP contribution in [0, 0.1) is 5.82 Å². The molecule has 0 aromatic heterocycles. The van der Waals surface area contributed by atoms with E-state index in [9.17, 15) is 9.18 Å². The lowest BCUT2D eigenvalue weighted by molar-refractivity contribution is -0.122. The average molecular weight is 411 g/mol. The minimum Gasteiger partial charge on any atom is -0.266 e. The minimum absolute atomic E-state index is 0.243. The lowest BCUT2D eigenvalue weighted by Gasteiger charge is -2.06. The molecule has 0 atom stereocenters. The Hall–Kier alpha value is -1.73. The molecule has 2 aromatic rings. The van der Waals surface area contributed by atoms with Gasteiger partial charge in [0.05, 0.1) is 11.1 Å². The first-order valence-electron chi connectivity index (χ1n) is 6.98. The fourth-order valence-corrected chi connectivity index (χ4v) is 3.70. The van der Waals surface area contributed by atoms with Gasteiger partial charge in [0.25, 0.3) is 5.91 Å². The van der Waals surface area contributed by atoms with Gasteiger partial charge in [-0.3, -0.25) is 4.79 Å². The zero-order valence-electron chi connectivity index (χ0n) is 12.4. The van der Waals surface area contributed by atoms with E-state index in [1.165, 1.54) is 12.3 Å². The predicted octanol–water partition coefficient (Wildman–Crippen LogP) is 5.37. The normalized spacial score (nSPS) is 16.4. The van der Waals surface area contributed by atoms with Gasteiger partial charge in [-0.1, -0.05) is 59.2 Å². The SMILES string of the molecule is O=C1/C(=C\c2c(Cl)cccc2Cl)SC(=S)N1/N=C/c1ccccc1F. The van der Waals surface area contributed by atoms with Crippen LogP contribution in [-0.4, -0.2) is 21.5 Å². The van der Waals surface area contributed by atoms with E-state index in [1.807, 2.05) is 0 Å². The van der Waals surface area contributed by atoms with Gasteiger partial charge in [0.1, 0.15) is 5.82 Å². The summed E-state index contributed by atoms with van der Waals surface area (Å²) in [6, 6.07) is 11.2. The van der Waals surface area contributed by atoms with Crippen molar-refractivity contribution in [2.75, 3.05) is 0 Å². The van der Waals surface area contributed by atoms with Gasteiger partial charge in [-0.05, 0) is 36.5 Å². The Morgan fingerprint density at radius 2 is 1.80 bits per heavy atom. The molecule has 0 bridgehead atoms. The fraction of sp³-hybridized carbons (Fsp3) is 0. The standard InChI is InChI=1S/C17H9Cl2FN2OS2/c18-12-5-3-6-13(19)11(12)8-15-16(23)22(17(24)25-15)21-9-10-4-1-2-7-14(10)20/h1-9H/b15-8+,21-9+. The molecule has 0 unspecified atom stereocenters. The minimum atomic E-state index is -0.435. The molecular weight excluding hydrogens is 402 g/mol. The Morgan fingerprint density at radius 3 is 2.48 bits per heavy atom. The summed E-state index contributed by atoms with van der Waals surface area (Å²) in [6.45, 7) is 0. The van der Waals surface area contributed by atoms with Crippen molar-refractivity contribution in [3.63, 3.8) is 0 Å². The van der Waals surface area contributed by atoms with Crippen LogP contribution >= 0.6 is 47.2 Å². The quantitative estimate of drug-likeness (QED) is 0.387. The largest absolute Gasteiger partial charge is 0.286 e. The number of nitrogens with zero attached hydrogens (tertiary/aromatic N) is 2. The van der Waals surface area contributed by atoms with E-state index in [-0.39, 0.29) is 9.88 Å². The summed E-state index contributed by atoms with van der Waals surface area (Å²) in [5.41, 5.74) is 0.791. The summed E-state index contributed by atoms with van der Waals surface area (Å²) in [4.78, 5) is 12.8. The van der Waals surface area contributed by atoms with Crippen molar-refractivity contribution in [3.8, 4) is 0 Å². The zero-order chi connectivity index (χ0) is 18.0. The number of hydrogen-bond donors (Lipinski definition) is 0. The lowest BCUT2D eigenvalue weighted by atomic mass is 10.2. The Kier molecular flexibility index (Phi) is 5.54. The number of hydrazone groups is 1. The average Bonchev–Trinajstić information content (AvgIpc) is 2.84. The maximum Gasteiger partial charge on any atom is 0.286 e. The first kappa shape index (κ1) is 18.1. The molecule has 3 rings (SSSR count). The second kappa shape index (κ2) is 7.66. The Labute approximate surface area is 163 Å². The topological polar surface area (TPSA) is 32.7 Å². The molecule has 1 saturated heterocycles. The molecular formula is C17H9Cl2FN2OS2. The molecule has 0 saturated carbocycles. The van der Waals surface area contributed by atoms with E-state index in [4.69, 9.17) is 35.4 Å². The van der Waals surface area contributed by atoms with Crippen LogP contribution in [-0.2, 0) is 4.79 Å². The van der Waals surface area contributed by atoms with Gasteiger partial charge in [-0.15, -0.1) is 0 Å². The summed E-state index contributed by atoms with van der Waals surface area (Å²) < 4.78 is 13.9. The Morgan fingerprint density at radius 1 is 1.12 bits per heavy atom. The van der Waals surface area contributed by atoms with Crippen molar-refractivity contribution in [2.45, 2.75) is 0 Å². The summed E-state index contributed by atoms with van der Waals surface area (Å²) in [5, 5.41) is 5.90. The van der Waals surface area contributed by atoms with Crippen LogP contribution in [0.15, 0.2) is 52.5 Å². The molecule has 3 nitrogen and oxygen atoms in total. The molecule has 1 fully saturated rings. The van der Waals surface area contributed by atoms with Crippen molar-refractivity contribution in [1.29, 1.82) is 0 Å². The second-order valence-corrected chi connectivity index (χ2v) is 7.39. The Balaban J connectivity index is 1.88. The van der Waals surface area contributed by atoms with Gasteiger partial charge in [0.15, 0.2) is 4.32 Å². The van der Waals surface area contributed by atoms with Crippen LogP contribution in [0.3, 0.4) is 0 Å². The van der Waals surface area contributed by atoms with Crippen LogP contribution in [0.5, 0.6) is 0 Å². The van der Waals surface area contributed by atoms with Crippen molar-refractivity contribution >= 4 is 69.7 Å². The molecule has 0 spiro atoms. The van der Waals surface area contributed by atoms with Crippen molar-refractivity contribution in [1.82, 2.24) is 5.01 Å². The number of halogens is 3. The van der Waals surface area contributed by atoms with Crippen LogP contribution < -0.4 is 0 Å². The maximum absolute atomic E-state index is 13.6. The number of carbonyl (C=O) groups excluding carboxylic acids is 1. The van der Waals surface area contributed by atoms with Gasteiger partial charge in [-0.2, -0.15) is 10.1 Å². The predicted molar refractivity (Wildman–Crippen MR) is 105 cm³/mol. The van der Waals surface area contributed by atoms with Gasteiger partial charge in [0, 0.05) is 21.2 Å². The van der Waals surface area contributed by atoms with Gasteiger partial charge in [-0.25, -0.2) is 4.39 Å². The number of thioether (sulfide) groups is 1. The molecule has 1 aliphatic rings. The summed E-state index contributed by atoms with van der Waals surface area (Å²) in [6.07, 6.45) is 2.83. The highest BCUT2D eigenvalue weighted by Crippen LogP contribution is 2.35. The highest BCUT2D eigenvalue weighted by Gasteiger charge is 2.32. The highest BCUT2D eigenvalue weighted by atomic mass is 35.5. The third-order valence-corrected chi connectivity index (χ3v) is 5.21. The fourth-order valence-electron chi connectivity index (χ4n) is 2.04. The van der Waals surface area contributed by atoms with Crippen LogP contribution in [0.25, 0.3) is 6.08 Å². The molecule has 0 aliphatic carbocycles. The lowest BCUT2D eigenvalue weighted by Crippen LogP contribution is -2.22. The third kappa shape index (κ3) is 3.93. The number of hydrogen-bond acceptors (Lipinski definition) is 4. The van der Waals surface area contributed by atoms with E-state index in [2.05, 4.69) is 5.10 Å². The molecule has 1 heterocycles. The zero-order valence-corrected chi connectivity index (χ0v) is 15.6. The van der Waals surface area contributed by atoms with Crippen LogP contribution in [0.1, 0.15) is 11.1 Å².